The fourth-order valence-electron chi connectivity index (χ4n) is 2.66. The maximum atomic E-state index is 12.3. The highest BCUT2D eigenvalue weighted by atomic mass is 16.6. The summed E-state index contributed by atoms with van der Waals surface area (Å²) in [6.07, 6.45) is 8.80. The average Bonchev–Trinajstić information content (AvgIpc) is 2.51. The van der Waals surface area contributed by atoms with E-state index in [2.05, 4.69) is 9.97 Å². The summed E-state index contributed by atoms with van der Waals surface area (Å²) in [6.45, 7) is 7.51. The van der Waals surface area contributed by atoms with Crippen LogP contribution in [0.25, 0.3) is 0 Å². The zero-order valence-electron chi connectivity index (χ0n) is 14.3. The molecule has 0 saturated carbocycles. The van der Waals surface area contributed by atoms with E-state index in [0.717, 1.165) is 37.9 Å². The molecule has 0 N–H and O–H groups in total. The molecule has 1 amide bonds. The zero-order chi connectivity index (χ0) is 16.7. The second-order valence-corrected chi connectivity index (χ2v) is 6.86. The molecule has 1 aliphatic heterocycles. The molecule has 0 bridgehead atoms. The number of likely N-dealkylation sites (tertiary alicyclic amines) is 1. The van der Waals surface area contributed by atoms with Crippen molar-refractivity contribution in [2.24, 2.45) is 0 Å². The number of hydrogen-bond donors (Lipinski definition) is 0. The number of aromatic nitrogens is 2. The lowest BCUT2D eigenvalue weighted by Gasteiger charge is -2.36. The van der Waals surface area contributed by atoms with Gasteiger partial charge < -0.3 is 14.4 Å². The number of hydrogen-bond acceptors (Lipinski definition) is 5. The highest BCUT2D eigenvalue weighted by Crippen LogP contribution is 2.22. The van der Waals surface area contributed by atoms with Crippen molar-refractivity contribution in [2.45, 2.75) is 64.7 Å². The number of rotatable bonds is 5. The molecule has 1 fully saturated rings. The van der Waals surface area contributed by atoms with Gasteiger partial charge >= 0.3 is 6.09 Å². The van der Waals surface area contributed by atoms with E-state index in [1.165, 1.54) is 0 Å². The van der Waals surface area contributed by atoms with Crippen LogP contribution in [-0.2, 0) is 16.1 Å². The Morgan fingerprint density at radius 2 is 2.17 bits per heavy atom. The van der Waals surface area contributed by atoms with Gasteiger partial charge in [-0.2, -0.15) is 0 Å². The van der Waals surface area contributed by atoms with Gasteiger partial charge in [0, 0.05) is 31.6 Å². The number of carbonyl (C=O) groups is 1. The van der Waals surface area contributed by atoms with Gasteiger partial charge in [0.1, 0.15) is 5.60 Å². The van der Waals surface area contributed by atoms with Gasteiger partial charge in [0.15, 0.2) is 0 Å². The Kier molecular flexibility index (Phi) is 6.33. The molecule has 0 unspecified atom stereocenters. The van der Waals surface area contributed by atoms with E-state index in [1.54, 1.807) is 18.6 Å². The third-order valence-corrected chi connectivity index (χ3v) is 3.72. The smallest absolute Gasteiger partial charge is 0.410 e. The molecule has 6 nitrogen and oxygen atoms in total. The van der Waals surface area contributed by atoms with Gasteiger partial charge in [-0.1, -0.05) is 0 Å². The predicted molar refractivity (Wildman–Crippen MR) is 86.9 cm³/mol. The number of carbonyl (C=O) groups excluding carboxylic acids is 1. The lowest BCUT2D eigenvalue weighted by molar-refractivity contribution is 0.00367. The van der Waals surface area contributed by atoms with Crippen LogP contribution in [0.2, 0.25) is 0 Å². The first-order valence-electron chi connectivity index (χ1n) is 8.28. The third kappa shape index (κ3) is 6.14. The molecule has 1 aliphatic rings. The lowest BCUT2D eigenvalue weighted by Crippen LogP contribution is -2.46. The van der Waals surface area contributed by atoms with Crippen LogP contribution in [-0.4, -0.2) is 45.8 Å². The normalized spacial score (nSPS) is 18.7. The van der Waals surface area contributed by atoms with Gasteiger partial charge in [0.05, 0.1) is 18.5 Å². The van der Waals surface area contributed by atoms with Crippen molar-refractivity contribution in [3.63, 3.8) is 0 Å². The summed E-state index contributed by atoms with van der Waals surface area (Å²) >= 11 is 0. The van der Waals surface area contributed by atoms with Crippen molar-refractivity contribution in [1.82, 2.24) is 14.9 Å². The second kappa shape index (κ2) is 8.24. The Bertz CT molecular complexity index is 488. The van der Waals surface area contributed by atoms with Crippen LogP contribution in [0.5, 0.6) is 0 Å². The molecular weight excluding hydrogens is 294 g/mol. The van der Waals surface area contributed by atoms with Gasteiger partial charge in [-0.15, -0.1) is 0 Å². The Labute approximate surface area is 138 Å². The topological polar surface area (TPSA) is 64.5 Å². The summed E-state index contributed by atoms with van der Waals surface area (Å²) in [6, 6.07) is 0.195. The highest BCUT2D eigenvalue weighted by Gasteiger charge is 2.30. The minimum atomic E-state index is -0.457. The monoisotopic (exact) mass is 321 g/mol. The predicted octanol–water partition coefficient (Wildman–Crippen LogP) is 3.17. The summed E-state index contributed by atoms with van der Waals surface area (Å²) in [5.41, 5.74) is 0.363. The fourth-order valence-corrected chi connectivity index (χ4v) is 2.66. The molecule has 23 heavy (non-hydrogen) atoms. The van der Waals surface area contributed by atoms with E-state index in [9.17, 15) is 4.79 Å². The van der Waals surface area contributed by atoms with E-state index >= 15 is 0 Å². The molecule has 0 spiro atoms. The first-order valence-corrected chi connectivity index (χ1v) is 8.28. The van der Waals surface area contributed by atoms with Crippen LogP contribution in [0.15, 0.2) is 18.6 Å². The van der Waals surface area contributed by atoms with Crippen LogP contribution >= 0.6 is 0 Å². The van der Waals surface area contributed by atoms with Crippen LogP contribution in [0.4, 0.5) is 4.79 Å². The SMILES string of the molecule is CC(C)(C)OC(=O)N1CCCC[C@@H]1CCOCc1cnccn1. The van der Waals surface area contributed by atoms with Gasteiger partial charge in [-0.25, -0.2) is 4.79 Å². The van der Waals surface area contributed by atoms with E-state index in [0.29, 0.717) is 13.2 Å². The average molecular weight is 321 g/mol. The first-order chi connectivity index (χ1) is 11.0. The highest BCUT2D eigenvalue weighted by molar-refractivity contribution is 5.68. The summed E-state index contributed by atoms with van der Waals surface area (Å²) in [5, 5.41) is 0. The number of nitrogens with zero attached hydrogens (tertiary/aromatic N) is 3. The number of piperidine rings is 1. The molecule has 6 heteroatoms. The minimum absolute atomic E-state index is 0.195. The molecule has 1 atom stereocenters. The standard InChI is InChI=1S/C17H27N3O3/c1-17(2,3)23-16(21)20-10-5-4-6-15(20)7-11-22-13-14-12-18-8-9-19-14/h8-9,12,15H,4-7,10-11,13H2,1-3H3/t15-/m1/s1. The Morgan fingerprint density at radius 1 is 1.35 bits per heavy atom. The molecule has 1 aromatic heterocycles. The molecule has 2 heterocycles. The van der Waals surface area contributed by atoms with Crippen molar-refractivity contribution < 1.29 is 14.3 Å². The third-order valence-electron chi connectivity index (χ3n) is 3.72. The molecule has 1 saturated heterocycles. The van der Waals surface area contributed by atoms with Gasteiger partial charge in [0.2, 0.25) is 0 Å². The fraction of sp³-hybridized carbons (Fsp3) is 0.706. The molecule has 0 aliphatic carbocycles. The van der Waals surface area contributed by atoms with E-state index in [-0.39, 0.29) is 12.1 Å². The summed E-state index contributed by atoms with van der Waals surface area (Å²) in [4.78, 5) is 22.4. The van der Waals surface area contributed by atoms with Gasteiger partial charge in [0.25, 0.3) is 0 Å². The maximum Gasteiger partial charge on any atom is 0.410 e. The minimum Gasteiger partial charge on any atom is -0.444 e. The molecule has 2 rings (SSSR count). The molecular formula is C17H27N3O3. The van der Waals surface area contributed by atoms with Crippen molar-refractivity contribution in [3.05, 3.63) is 24.3 Å². The van der Waals surface area contributed by atoms with Gasteiger partial charge in [-0.3, -0.25) is 9.97 Å². The first kappa shape index (κ1) is 17.7. The second-order valence-electron chi connectivity index (χ2n) is 6.86. The van der Waals surface area contributed by atoms with E-state index in [4.69, 9.17) is 9.47 Å². The Hall–Kier alpha value is -1.69. The Balaban J connectivity index is 1.78. The Morgan fingerprint density at radius 3 is 2.87 bits per heavy atom. The summed E-state index contributed by atoms with van der Waals surface area (Å²) in [5.74, 6) is 0. The van der Waals surface area contributed by atoms with Crippen LogP contribution in [0, 0.1) is 0 Å². The molecule has 0 radical (unpaired) electrons. The lowest BCUT2D eigenvalue weighted by atomic mass is 10.0. The van der Waals surface area contributed by atoms with E-state index in [1.807, 2.05) is 25.7 Å². The van der Waals surface area contributed by atoms with Crippen LogP contribution in [0.1, 0.15) is 52.1 Å². The maximum absolute atomic E-state index is 12.3. The van der Waals surface area contributed by atoms with Crippen molar-refractivity contribution in [1.29, 1.82) is 0 Å². The molecule has 128 valence electrons. The van der Waals surface area contributed by atoms with E-state index < -0.39 is 5.60 Å². The number of amides is 1. The quantitative estimate of drug-likeness (QED) is 0.779. The zero-order valence-corrected chi connectivity index (χ0v) is 14.3. The van der Waals surface area contributed by atoms with Gasteiger partial charge in [-0.05, 0) is 46.5 Å². The van der Waals surface area contributed by atoms with Crippen LogP contribution < -0.4 is 0 Å². The van der Waals surface area contributed by atoms with Crippen molar-refractivity contribution in [3.8, 4) is 0 Å². The summed E-state index contributed by atoms with van der Waals surface area (Å²) < 4.78 is 11.2. The molecule has 0 aromatic carbocycles. The summed E-state index contributed by atoms with van der Waals surface area (Å²) in [7, 11) is 0. The van der Waals surface area contributed by atoms with Crippen LogP contribution in [0.3, 0.4) is 0 Å². The van der Waals surface area contributed by atoms with Crippen molar-refractivity contribution >= 4 is 6.09 Å². The largest absolute Gasteiger partial charge is 0.444 e. The molecule has 1 aromatic rings. The number of ether oxygens (including phenoxy) is 2. The van der Waals surface area contributed by atoms with Crippen molar-refractivity contribution in [2.75, 3.05) is 13.2 Å².